The van der Waals surface area contributed by atoms with Crippen molar-refractivity contribution in [2.75, 3.05) is 31.1 Å². The summed E-state index contributed by atoms with van der Waals surface area (Å²) in [5, 5.41) is 0.633. The molecular weight excluding hydrogens is 459 g/mol. The smallest absolute Gasteiger partial charge is 0.310 e. The number of halogens is 6. The number of hydrogen-bond donors (Lipinski definition) is 0. The number of benzene rings is 2. The van der Waals surface area contributed by atoms with E-state index in [1.807, 2.05) is 25.1 Å². The summed E-state index contributed by atoms with van der Waals surface area (Å²) in [6.07, 6.45) is 0.371. The Kier molecular flexibility index (Phi) is 4.83. The topological polar surface area (TPSA) is 23.6 Å². The molecule has 2 aliphatic rings. The summed E-state index contributed by atoms with van der Waals surface area (Å²) in [4.78, 5) is 14.8. The van der Waals surface area contributed by atoms with Crippen LogP contribution >= 0.6 is 21.8 Å². The first kappa shape index (κ1) is 22.2. The molecule has 1 unspecified atom stereocenters. The number of rotatable bonds is 4. The third kappa shape index (κ3) is 4.77. The SMILES string of the molecule is Cc1ccc(Cl)cc1N1CCN(C(=O)[C@H]2CC2c2cccc(S(F)(F)(F)(F)F)c2)CC1. The fourth-order valence-electron chi connectivity index (χ4n) is 4.15. The standard InChI is InChI=1S/C21H22ClF5N2OS/c1-14-5-6-16(22)12-20(14)28-7-9-29(10-8-28)21(30)19-13-18(19)15-3-2-4-17(11-15)31(23,24,25,26)27/h2-6,11-12,18-19H,7-10,13H2,1H3/t18?,19-/m0/s1. The average molecular weight is 481 g/mol. The van der Waals surface area contributed by atoms with Crippen LogP contribution in [0.4, 0.5) is 25.1 Å². The lowest BCUT2D eigenvalue weighted by Crippen LogP contribution is -2.49. The van der Waals surface area contributed by atoms with Gasteiger partial charge in [-0.1, -0.05) is 49.2 Å². The zero-order valence-corrected chi connectivity index (χ0v) is 18.3. The highest BCUT2D eigenvalue weighted by Crippen LogP contribution is 3.02. The second-order valence-corrected chi connectivity index (χ2v) is 11.1. The van der Waals surface area contributed by atoms with E-state index in [2.05, 4.69) is 4.90 Å². The molecule has 1 saturated heterocycles. The number of piperazine rings is 1. The first-order valence-electron chi connectivity index (χ1n) is 9.87. The number of carbonyl (C=O) groups is 1. The van der Waals surface area contributed by atoms with Crippen LogP contribution in [0.1, 0.15) is 23.5 Å². The number of amides is 1. The van der Waals surface area contributed by atoms with Crippen LogP contribution in [0.15, 0.2) is 47.4 Å². The van der Waals surface area contributed by atoms with E-state index in [1.165, 1.54) is 6.07 Å². The van der Waals surface area contributed by atoms with Gasteiger partial charge >= 0.3 is 10.2 Å². The first-order valence-corrected chi connectivity index (χ1v) is 12.2. The van der Waals surface area contributed by atoms with Gasteiger partial charge in [-0.25, -0.2) is 0 Å². The summed E-state index contributed by atoms with van der Waals surface area (Å²) < 4.78 is 65.5. The summed E-state index contributed by atoms with van der Waals surface area (Å²) in [7, 11) is -9.74. The van der Waals surface area contributed by atoms with Crippen LogP contribution in [-0.2, 0) is 4.79 Å². The highest BCUT2D eigenvalue weighted by molar-refractivity contribution is 8.45. The van der Waals surface area contributed by atoms with Crippen LogP contribution in [0.25, 0.3) is 0 Å². The Hall–Kier alpha value is -2.00. The number of anilines is 1. The highest BCUT2D eigenvalue weighted by atomic mass is 35.5. The van der Waals surface area contributed by atoms with Crippen molar-refractivity contribution in [1.29, 1.82) is 0 Å². The van der Waals surface area contributed by atoms with E-state index in [0.717, 1.165) is 17.3 Å². The Balaban J connectivity index is 1.40. The van der Waals surface area contributed by atoms with Gasteiger partial charge in [0.2, 0.25) is 5.91 Å². The fourth-order valence-corrected chi connectivity index (χ4v) is 5.01. The van der Waals surface area contributed by atoms with Gasteiger partial charge in [-0.2, -0.15) is 0 Å². The lowest BCUT2D eigenvalue weighted by atomic mass is 10.1. The van der Waals surface area contributed by atoms with E-state index in [0.29, 0.717) is 49.8 Å². The normalized spacial score (nSPS) is 23.8. The second-order valence-electron chi connectivity index (χ2n) is 8.23. The maximum Gasteiger partial charge on any atom is 0.310 e. The summed E-state index contributed by atoms with van der Waals surface area (Å²) in [5.41, 5.74) is 2.23. The quantitative estimate of drug-likeness (QED) is 0.451. The van der Waals surface area contributed by atoms with Crippen LogP contribution in [0.5, 0.6) is 0 Å². The molecule has 0 aromatic heterocycles. The Morgan fingerprint density at radius 2 is 1.68 bits per heavy atom. The minimum Gasteiger partial charge on any atom is -0.368 e. The zero-order valence-electron chi connectivity index (χ0n) is 16.7. The highest BCUT2D eigenvalue weighted by Gasteiger charge is 2.65. The van der Waals surface area contributed by atoms with Gasteiger partial charge < -0.3 is 9.80 Å². The van der Waals surface area contributed by atoms with Gasteiger partial charge in [0.25, 0.3) is 0 Å². The number of nitrogens with zero attached hydrogens (tertiary/aromatic N) is 2. The summed E-state index contributed by atoms with van der Waals surface area (Å²) in [6, 6.07) is 8.89. The van der Waals surface area contributed by atoms with Crippen LogP contribution in [0, 0.1) is 12.8 Å². The van der Waals surface area contributed by atoms with Crippen molar-refractivity contribution < 1.29 is 24.2 Å². The van der Waals surface area contributed by atoms with Gasteiger partial charge in [0, 0.05) is 42.8 Å². The van der Waals surface area contributed by atoms with Gasteiger partial charge in [-0.05, 0) is 54.7 Å². The average Bonchev–Trinajstić information content (AvgIpc) is 3.49. The molecule has 1 amide bonds. The molecule has 2 aromatic rings. The molecule has 2 aromatic carbocycles. The molecular formula is C21H22ClF5N2OS. The molecule has 2 fully saturated rings. The molecule has 1 heterocycles. The molecule has 0 spiro atoms. The van der Waals surface area contributed by atoms with E-state index in [-0.39, 0.29) is 11.5 Å². The van der Waals surface area contributed by atoms with Crippen molar-refractivity contribution >= 4 is 33.4 Å². The molecule has 170 valence electrons. The molecule has 2 atom stereocenters. The fraction of sp³-hybridized carbons (Fsp3) is 0.381. The molecule has 0 bridgehead atoms. The minimum atomic E-state index is -9.74. The molecule has 0 N–H and O–H groups in total. The summed E-state index contributed by atoms with van der Waals surface area (Å²) in [5.74, 6) is -1.06. The third-order valence-electron chi connectivity index (χ3n) is 5.94. The molecule has 4 rings (SSSR count). The molecule has 1 aliphatic carbocycles. The third-order valence-corrected chi connectivity index (χ3v) is 7.32. The lowest BCUT2D eigenvalue weighted by molar-refractivity contribution is -0.133. The lowest BCUT2D eigenvalue weighted by Gasteiger charge is -2.40. The summed E-state index contributed by atoms with van der Waals surface area (Å²) in [6.45, 7) is 4.19. The van der Waals surface area contributed by atoms with Gasteiger partial charge in [0.1, 0.15) is 4.90 Å². The molecule has 10 heteroatoms. The first-order chi connectivity index (χ1) is 14.2. The zero-order chi connectivity index (χ0) is 22.7. The Labute approximate surface area is 182 Å². The van der Waals surface area contributed by atoms with Gasteiger partial charge in [0.05, 0.1) is 0 Å². The van der Waals surface area contributed by atoms with E-state index in [4.69, 9.17) is 11.6 Å². The van der Waals surface area contributed by atoms with Crippen LogP contribution in [0.3, 0.4) is 0 Å². The minimum absolute atomic E-state index is 0.134. The van der Waals surface area contributed by atoms with E-state index in [1.54, 1.807) is 4.90 Å². The molecule has 3 nitrogen and oxygen atoms in total. The van der Waals surface area contributed by atoms with Gasteiger partial charge in [-0.3, -0.25) is 4.79 Å². The second kappa shape index (κ2) is 6.75. The number of hydrogen-bond acceptors (Lipinski definition) is 2. The van der Waals surface area contributed by atoms with Gasteiger partial charge in [0.15, 0.2) is 0 Å². The number of aryl methyl sites for hydroxylation is 1. The maximum absolute atomic E-state index is 13.1. The van der Waals surface area contributed by atoms with E-state index in [9.17, 15) is 24.2 Å². The van der Waals surface area contributed by atoms with Crippen molar-refractivity contribution in [2.45, 2.75) is 24.2 Å². The van der Waals surface area contributed by atoms with Crippen molar-refractivity contribution in [3.8, 4) is 0 Å². The Morgan fingerprint density at radius 3 is 2.32 bits per heavy atom. The molecule has 1 aliphatic heterocycles. The van der Waals surface area contributed by atoms with Crippen molar-refractivity contribution in [3.63, 3.8) is 0 Å². The van der Waals surface area contributed by atoms with Crippen molar-refractivity contribution in [2.24, 2.45) is 5.92 Å². The van der Waals surface area contributed by atoms with Crippen molar-refractivity contribution in [1.82, 2.24) is 4.90 Å². The largest absolute Gasteiger partial charge is 0.368 e. The Morgan fingerprint density at radius 1 is 1.00 bits per heavy atom. The van der Waals surface area contributed by atoms with E-state index < -0.39 is 27.0 Å². The molecule has 31 heavy (non-hydrogen) atoms. The number of carbonyl (C=O) groups excluding carboxylic acids is 1. The Bertz CT molecular complexity index is 1040. The predicted octanol–water partition coefficient (Wildman–Crippen LogP) is 6.76. The summed E-state index contributed by atoms with van der Waals surface area (Å²) >= 11 is 6.09. The van der Waals surface area contributed by atoms with E-state index >= 15 is 0 Å². The molecule has 1 saturated carbocycles. The van der Waals surface area contributed by atoms with Crippen LogP contribution < -0.4 is 4.90 Å². The predicted molar refractivity (Wildman–Crippen MR) is 114 cm³/mol. The molecule has 0 radical (unpaired) electrons. The van der Waals surface area contributed by atoms with Crippen LogP contribution in [-0.4, -0.2) is 37.0 Å². The monoisotopic (exact) mass is 480 g/mol. The maximum atomic E-state index is 13.1. The van der Waals surface area contributed by atoms with Gasteiger partial charge in [-0.15, -0.1) is 0 Å². The van der Waals surface area contributed by atoms with Crippen LogP contribution in [0.2, 0.25) is 5.02 Å². The van der Waals surface area contributed by atoms with Crippen molar-refractivity contribution in [3.05, 3.63) is 58.6 Å².